The van der Waals surface area contributed by atoms with Crippen molar-refractivity contribution in [1.82, 2.24) is 14.9 Å². The molecule has 1 aromatic carbocycles. The quantitative estimate of drug-likeness (QED) is 0.310. The number of carbonyl (C=O) groups is 1. The molecule has 0 unspecified atom stereocenters. The van der Waals surface area contributed by atoms with Crippen molar-refractivity contribution in [3.05, 3.63) is 42.2 Å². The highest BCUT2D eigenvalue weighted by Gasteiger charge is 2.29. The van der Waals surface area contributed by atoms with Crippen LogP contribution in [0.25, 0.3) is 0 Å². The largest absolute Gasteiger partial charge is 0.385 e. The number of aromatic nitrogens is 2. The second-order valence-electron chi connectivity index (χ2n) is 10.3. The molecule has 2 aromatic rings. The van der Waals surface area contributed by atoms with E-state index in [1.807, 2.05) is 30.3 Å². The Bertz CT molecular complexity index is 1130. The molecule has 1 saturated heterocycles. The van der Waals surface area contributed by atoms with Gasteiger partial charge in [0.1, 0.15) is 17.5 Å². The van der Waals surface area contributed by atoms with Crippen molar-refractivity contribution in [2.45, 2.75) is 56.1 Å². The van der Waals surface area contributed by atoms with Gasteiger partial charge in [-0.3, -0.25) is 9.69 Å². The Morgan fingerprint density at radius 3 is 2.36 bits per heavy atom. The first kappa shape index (κ1) is 26.0. The molecule has 1 aromatic heterocycles. The Labute approximate surface area is 217 Å². The summed E-state index contributed by atoms with van der Waals surface area (Å²) < 4.78 is 0. The van der Waals surface area contributed by atoms with Crippen molar-refractivity contribution < 1.29 is 4.79 Å². The Morgan fingerprint density at radius 1 is 1.11 bits per heavy atom. The summed E-state index contributed by atoms with van der Waals surface area (Å²) in [5.41, 5.74) is 7.37. The summed E-state index contributed by atoms with van der Waals surface area (Å²) >= 11 is 1.46. The van der Waals surface area contributed by atoms with E-state index in [9.17, 15) is 4.79 Å². The zero-order valence-electron chi connectivity index (χ0n) is 21.5. The van der Waals surface area contributed by atoms with Crippen molar-refractivity contribution in [2.24, 2.45) is 11.7 Å². The van der Waals surface area contributed by atoms with Gasteiger partial charge in [-0.05, 0) is 82.6 Å². The van der Waals surface area contributed by atoms with E-state index >= 15 is 0 Å². The van der Waals surface area contributed by atoms with Crippen molar-refractivity contribution in [2.75, 3.05) is 41.7 Å². The molecule has 2 aliphatic rings. The summed E-state index contributed by atoms with van der Waals surface area (Å²) in [5.74, 6) is 2.06. The second kappa shape index (κ2) is 10.9. The van der Waals surface area contributed by atoms with Crippen LogP contribution in [0.3, 0.4) is 0 Å². The molecule has 0 bridgehead atoms. The molecule has 4 rings (SSSR count). The first-order valence-corrected chi connectivity index (χ1v) is 13.2. The van der Waals surface area contributed by atoms with Crippen molar-refractivity contribution >= 4 is 40.7 Å². The van der Waals surface area contributed by atoms with Gasteiger partial charge < -0.3 is 26.7 Å². The van der Waals surface area contributed by atoms with Crippen LogP contribution in [-0.2, 0) is 4.79 Å². The van der Waals surface area contributed by atoms with E-state index in [0.717, 1.165) is 55.4 Å². The number of nitrogens with zero attached hydrogens (tertiary/aromatic N) is 4. The number of hydrogen-bond donors (Lipinski definition) is 4. The lowest BCUT2D eigenvalue weighted by atomic mass is 10.1. The molecule has 2 heterocycles. The normalized spacial score (nSPS) is 17.1. The molecule has 1 amide bonds. The van der Waals surface area contributed by atoms with Gasteiger partial charge in [-0.15, -0.1) is 0 Å². The van der Waals surface area contributed by atoms with Crippen molar-refractivity contribution in [3.63, 3.8) is 0 Å². The summed E-state index contributed by atoms with van der Waals surface area (Å²) in [6.45, 7) is 12.1. The molecule has 36 heavy (non-hydrogen) atoms. The number of rotatable bonds is 8. The number of nitrogens with one attached hydrogen (secondary N) is 3. The smallest absolute Gasteiger partial charge is 0.227 e. The van der Waals surface area contributed by atoms with Crippen LogP contribution in [-0.4, -0.2) is 58.2 Å². The molecule has 0 radical (unpaired) electrons. The standard InChI is InChI=1S/C26H36N8OS/c1-17(27)15-21(28)30-22-16-23(33-11-13-34(14-12-33)26(2,3)4)32-25(31-22)36-20-9-7-19(8-10-20)29-24(35)18-5-6-18/h7-10,15-16,18,27H,5-6,11-14,28H2,1-4H3,(H,29,35)(H,30,31,32)/b21-15+,27-17?. The highest BCUT2D eigenvalue weighted by Crippen LogP contribution is 2.32. The number of allylic oxidation sites excluding steroid dienone is 1. The van der Waals surface area contributed by atoms with E-state index in [-0.39, 0.29) is 17.4 Å². The first-order chi connectivity index (χ1) is 17.1. The van der Waals surface area contributed by atoms with E-state index in [1.165, 1.54) is 11.8 Å². The van der Waals surface area contributed by atoms with E-state index in [4.69, 9.17) is 16.1 Å². The molecule has 1 aliphatic carbocycles. The minimum Gasteiger partial charge on any atom is -0.385 e. The number of amides is 1. The molecule has 9 nitrogen and oxygen atoms in total. The van der Waals surface area contributed by atoms with Crippen LogP contribution in [0.15, 0.2) is 52.3 Å². The molecular weight excluding hydrogens is 472 g/mol. The van der Waals surface area contributed by atoms with Crippen molar-refractivity contribution in [1.29, 1.82) is 5.41 Å². The number of benzene rings is 1. The Hall–Kier alpha value is -3.11. The molecule has 1 aliphatic heterocycles. The maximum Gasteiger partial charge on any atom is 0.227 e. The van der Waals surface area contributed by atoms with Gasteiger partial charge >= 0.3 is 0 Å². The molecule has 192 valence electrons. The molecule has 1 saturated carbocycles. The first-order valence-electron chi connectivity index (χ1n) is 12.3. The van der Waals surface area contributed by atoms with Gasteiger partial charge in [0, 0.05) is 60.0 Å². The SMILES string of the molecule is CC(=N)/C=C(\N)Nc1cc(N2CCN(C(C)(C)C)CC2)nc(Sc2ccc(NC(=O)C3CC3)cc2)n1. The fourth-order valence-corrected chi connectivity index (χ4v) is 4.78. The zero-order chi connectivity index (χ0) is 25.9. The van der Waals surface area contributed by atoms with Crippen molar-refractivity contribution in [3.8, 4) is 0 Å². The predicted molar refractivity (Wildman–Crippen MR) is 147 cm³/mol. The summed E-state index contributed by atoms with van der Waals surface area (Å²) in [7, 11) is 0. The fourth-order valence-electron chi connectivity index (χ4n) is 4.01. The summed E-state index contributed by atoms with van der Waals surface area (Å²) in [6.07, 6.45) is 3.52. The van der Waals surface area contributed by atoms with Crippen LogP contribution < -0.4 is 21.3 Å². The van der Waals surface area contributed by atoms with Gasteiger partial charge in [-0.1, -0.05) is 0 Å². The third kappa shape index (κ3) is 7.20. The van der Waals surface area contributed by atoms with Gasteiger partial charge in [0.2, 0.25) is 5.91 Å². The van der Waals surface area contributed by atoms with Gasteiger partial charge in [0.25, 0.3) is 0 Å². The summed E-state index contributed by atoms with van der Waals surface area (Å²) in [4.78, 5) is 27.3. The fraction of sp³-hybridized carbons (Fsp3) is 0.462. The summed E-state index contributed by atoms with van der Waals surface area (Å²) in [6, 6.07) is 9.65. The third-order valence-corrected chi connectivity index (χ3v) is 7.04. The molecule has 10 heteroatoms. The molecule has 0 spiro atoms. The highest BCUT2D eigenvalue weighted by molar-refractivity contribution is 7.99. The lowest BCUT2D eigenvalue weighted by Gasteiger charge is -2.42. The van der Waals surface area contributed by atoms with Crippen LogP contribution in [0, 0.1) is 11.3 Å². The number of nitrogens with two attached hydrogens (primary N) is 1. The number of piperazine rings is 1. The number of anilines is 3. The Balaban J connectivity index is 1.52. The second-order valence-corrected chi connectivity index (χ2v) is 11.4. The lowest BCUT2D eigenvalue weighted by molar-refractivity contribution is -0.117. The van der Waals surface area contributed by atoms with Crippen LogP contribution >= 0.6 is 11.8 Å². The van der Waals surface area contributed by atoms with Crippen LogP contribution in [0.5, 0.6) is 0 Å². The van der Waals surface area contributed by atoms with Crippen LogP contribution in [0.4, 0.5) is 17.3 Å². The number of hydrogen-bond acceptors (Lipinski definition) is 9. The van der Waals surface area contributed by atoms with Gasteiger partial charge in [-0.2, -0.15) is 0 Å². The highest BCUT2D eigenvalue weighted by atomic mass is 32.2. The summed E-state index contributed by atoms with van der Waals surface area (Å²) in [5, 5.41) is 14.3. The van der Waals surface area contributed by atoms with Gasteiger partial charge in [0.05, 0.1) is 0 Å². The topological polar surface area (TPSA) is 123 Å². The molecule has 5 N–H and O–H groups in total. The van der Waals surface area contributed by atoms with E-state index < -0.39 is 0 Å². The average Bonchev–Trinajstić information content (AvgIpc) is 3.65. The molecular formula is C26H36N8OS. The van der Waals surface area contributed by atoms with E-state index in [2.05, 4.69) is 46.2 Å². The molecule has 2 fully saturated rings. The Morgan fingerprint density at radius 2 is 1.78 bits per heavy atom. The van der Waals surface area contributed by atoms with Crippen LogP contribution in [0.1, 0.15) is 40.5 Å². The number of carbonyl (C=O) groups excluding carboxylic acids is 1. The van der Waals surface area contributed by atoms with E-state index in [1.54, 1.807) is 13.0 Å². The maximum atomic E-state index is 12.0. The van der Waals surface area contributed by atoms with Gasteiger partial charge in [0.15, 0.2) is 5.16 Å². The van der Waals surface area contributed by atoms with Gasteiger partial charge in [-0.25, -0.2) is 9.97 Å². The Kier molecular flexibility index (Phi) is 7.85. The lowest BCUT2D eigenvalue weighted by Crippen LogP contribution is -2.53. The monoisotopic (exact) mass is 508 g/mol. The predicted octanol–water partition coefficient (Wildman–Crippen LogP) is 4.15. The zero-order valence-corrected chi connectivity index (χ0v) is 22.3. The minimum absolute atomic E-state index is 0.0968. The third-order valence-electron chi connectivity index (χ3n) is 6.17. The van der Waals surface area contributed by atoms with Crippen LogP contribution in [0.2, 0.25) is 0 Å². The minimum atomic E-state index is 0.0968. The average molecular weight is 509 g/mol. The van der Waals surface area contributed by atoms with E-state index in [0.29, 0.717) is 22.5 Å². The maximum absolute atomic E-state index is 12.0. The molecule has 0 atom stereocenters.